The number of nitro groups is 1. The van der Waals surface area contributed by atoms with Crippen molar-refractivity contribution in [3.63, 3.8) is 0 Å². The minimum atomic E-state index is -1.44. The largest absolute Gasteiger partial charge is 0.302 e. The van der Waals surface area contributed by atoms with Crippen molar-refractivity contribution in [1.82, 2.24) is 4.98 Å². The van der Waals surface area contributed by atoms with Gasteiger partial charge >= 0.3 is 6.04 Å². The van der Waals surface area contributed by atoms with E-state index in [1.54, 1.807) is 6.07 Å². The second-order valence-electron chi connectivity index (χ2n) is 2.52. The van der Waals surface area contributed by atoms with Crippen LogP contribution in [0.15, 0.2) is 23.3 Å². The van der Waals surface area contributed by atoms with E-state index in [-0.39, 0.29) is 12.1 Å². The topological polar surface area (TPSA) is 85.5 Å². The Balaban J connectivity index is 2.76. The summed E-state index contributed by atoms with van der Waals surface area (Å²) in [6, 6.07) is 1.59. The molecule has 78 valence electrons. The van der Waals surface area contributed by atoms with E-state index in [9.17, 15) is 14.9 Å². The Morgan fingerprint density at radius 3 is 2.80 bits per heavy atom. The first-order valence-corrected chi connectivity index (χ1v) is 4.26. The van der Waals surface area contributed by atoms with Crippen LogP contribution in [0.4, 0.5) is 5.82 Å². The molecule has 15 heavy (non-hydrogen) atoms. The Morgan fingerprint density at radius 1 is 1.60 bits per heavy atom. The second kappa shape index (κ2) is 5.16. The van der Waals surface area contributed by atoms with Crippen LogP contribution >= 0.6 is 11.6 Å². The highest BCUT2D eigenvalue weighted by molar-refractivity contribution is 6.30. The number of carbonyl (C=O) groups excluding carboxylic acids is 1. The number of aldehydes is 1. The molecule has 0 aliphatic rings. The van der Waals surface area contributed by atoms with Crippen LogP contribution < -0.4 is 0 Å². The van der Waals surface area contributed by atoms with Crippen LogP contribution in [-0.2, 0) is 4.79 Å². The molecule has 0 bridgehead atoms. The molecule has 0 aliphatic heterocycles. The van der Waals surface area contributed by atoms with Gasteiger partial charge in [-0.25, -0.2) is 9.98 Å². The van der Waals surface area contributed by atoms with E-state index in [2.05, 4.69) is 9.98 Å². The smallest absolute Gasteiger partial charge is 0.295 e. The third-order valence-electron chi connectivity index (χ3n) is 1.45. The van der Waals surface area contributed by atoms with E-state index in [0.717, 1.165) is 6.21 Å². The number of aromatic nitrogens is 1. The normalized spacial score (nSPS) is 12.6. The first kappa shape index (κ1) is 11.3. The Hall–Kier alpha value is -1.82. The van der Waals surface area contributed by atoms with Crippen molar-refractivity contribution in [2.75, 3.05) is 0 Å². The summed E-state index contributed by atoms with van der Waals surface area (Å²) in [6.45, 7) is 0. The lowest BCUT2D eigenvalue weighted by molar-refractivity contribution is -0.485. The maximum absolute atomic E-state index is 10.2. The predicted molar refractivity (Wildman–Crippen MR) is 54.2 cm³/mol. The predicted octanol–water partition coefficient (Wildman–Crippen LogP) is 1.28. The monoisotopic (exact) mass is 227 g/mol. The summed E-state index contributed by atoms with van der Waals surface area (Å²) in [5.74, 6) is 0.258. The average molecular weight is 228 g/mol. The van der Waals surface area contributed by atoms with Gasteiger partial charge in [0.2, 0.25) is 0 Å². The fraction of sp³-hybridized carbons (Fsp3) is 0.125. The molecule has 0 saturated heterocycles. The molecule has 1 heterocycles. The molecule has 7 heteroatoms. The fourth-order valence-corrected chi connectivity index (χ4v) is 0.848. The molecule has 0 saturated carbocycles. The van der Waals surface area contributed by atoms with Crippen LogP contribution in [0.3, 0.4) is 0 Å². The maximum atomic E-state index is 10.2. The van der Waals surface area contributed by atoms with E-state index in [1.165, 1.54) is 12.3 Å². The number of aliphatic imine (C=N–C) groups is 1. The van der Waals surface area contributed by atoms with Gasteiger partial charge in [0.1, 0.15) is 0 Å². The highest BCUT2D eigenvalue weighted by Gasteiger charge is 2.14. The lowest BCUT2D eigenvalue weighted by Gasteiger charge is -1.94. The third kappa shape index (κ3) is 3.43. The van der Waals surface area contributed by atoms with E-state index >= 15 is 0 Å². The van der Waals surface area contributed by atoms with Crippen LogP contribution in [0.25, 0.3) is 0 Å². The van der Waals surface area contributed by atoms with E-state index in [0.29, 0.717) is 5.02 Å². The molecule has 6 nitrogen and oxygen atoms in total. The summed E-state index contributed by atoms with van der Waals surface area (Å²) in [7, 11) is 0. The SMILES string of the molecule is O=C[C@H](C=Nc1ccc(Cl)cn1)[N+](=O)[O-]. The molecule has 0 spiro atoms. The molecule has 0 radical (unpaired) electrons. The molecule has 0 aliphatic carbocycles. The van der Waals surface area contributed by atoms with Gasteiger partial charge in [0.25, 0.3) is 0 Å². The Morgan fingerprint density at radius 2 is 2.33 bits per heavy atom. The van der Waals surface area contributed by atoms with Gasteiger partial charge in [-0.3, -0.25) is 14.9 Å². The van der Waals surface area contributed by atoms with Gasteiger partial charge in [-0.1, -0.05) is 11.6 Å². The molecular weight excluding hydrogens is 222 g/mol. The summed E-state index contributed by atoms with van der Waals surface area (Å²) in [5.41, 5.74) is 0. The summed E-state index contributed by atoms with van der Waals surface area (Å²) >= 11 is 5.57. The molecule has 0 N–H and O–H groups in total. The maximum Gasteiger partial charge on any atom is 0.302 e. The Bertz CT molecular complexity index is 391. The van der Waals surface area contributed by atoms with Crippen molar-refractivity contribution in [2.45, 2.75) is 6.04 Å². The number of carbonyl (C=O) groups is 1. The summed E-state index contributed by atoms with van der Waals surface area (Å²) in [5, 5.41) is 10.7. The minimum absolute atomic E-state index is 0.194. The number of hydrogen-bond acceptors (Lipinski definition) is 5. The van der Waals surface area contributed by atoms with Gasteiger partial charge in [0, 0.05) is 11.1 Å². The number of rotatable bonds is 4. The Kier molecular flexibility index (Phi) is 3.87. The molecule has 0 aromatic carbocycles. The number of halogens is 1. The molecule has 1 rings (SSSR count). The standard InChI is InChI=1S/C8H6ClN3O3/c9-6-1-2-8(10-3-6)11-4-7(5-13)12(14)15/h1-5,7H/t7-/m0/s1. The summed E-state index contributed by atoms with van der Waals surface area (Å²) in [6.07, 6.45) is 2.47. The van der Waals surface area contributed by atoms with Crippen molar-refractivity contribution in [2.24, 2.45) is 4.99 Å². The quantitative estimate of drug-likeness (QED) is 0.336. The van der Waals surface area contributed by atoms with E-state index in [1.807, 2.05) is 0 Å². The van der Waals surface area contributed by atoms with Crippen LogP contribution in [0, 0.1) is 10.1 Å². The molecule has 1 atom stereocenters. The van der Waals surface area contributed by atoms with Crippen LogP contribution in [0.1, 0.15) is 0 Å². The zero-order valence-electron chi connectivity index (χ0n) is 7.41. The van der Waals surface area contributed by atoms with Gasteiger partial charge in [-0.05, 0) is 12.1 Å². The van der Waals surface area contributed by atoms with Crippen molar-refractivity contribution in [1.29, 1.82) is 0 Å². The number of pyridine rings is 1. The average Bonchev–Trinajstić information content (AvgIpc) is 2.21. The van der Waals surface area contributed by atoms with Crippen molar-refractivity contribution in [3.8, 4) is 0 Å². The van der Waals surface area contributed by atoms with Crippen molar-refractivity contribution in [3.05, 3.63) is 33.5 Å². The minimum Gasteiger partial charge on any atom is -0.295 e. The van der Waals surface area contributed by atoms with Gasteiger partial charge in [0.05, 0.1) is 11.2 Å². The van der Waals surface area contributed by atoms with Gasteiger partial charge in [-0.15, -0.1) is 0 Å². The number of nitrogens with zero attached hydrogens (tertiary/aromatic N) is 3. The molecular formula is C8H6ClN3O3. The highest BCUT2D eigenvalue weighted by Crippen LogP contribution is 2.11. The number of hydrogen-bond donors (Lipinski definition) is 0. The molecule has 1 aromatic rings. The Labute approximate surface area is 89.8 Å². The third-order valence-corrected chi connectivity index (χ3v) is 1.68. The van der Waals surface area contributed by atoms with Crippen LogP contribution in [-0.4, -0.2) is 28.4 Å². The zero-order chi connectivity index (χ0) is 11.3. The highest BCUT2D eigenvalue weighted by atomic mass is 35.5. The van der Waals surface area contributed by atoms with Crippen molar-refractivity contribution < 1.29 is 9.72 Å². The molecule has 0 amide bonds. The zero-order valence-corrected chi connectivity index (χ0v) is 8.16. The first-order chi connectivity index (χ1) is 7.13. The lowest BCUT2D eigenvalue weighted by Crippen LogP contribution is -2.22. The molecule has 1 aromatic heterocycles. The molecule has 0 unspecified atom stereocenters. The second-order valence-corrected chi connectivity index (χ2v) is 2.96. The summed E-state index contributed by atoms with van der Waals surface area (Å²) in [4.78, 5) is 27.2. The van der Waals surface area contributed by atoms with E-state index in [4.69, 9.17) is 11.6 Å². The van der Waals surface area contributed by atoms with Gasteiger partial charge in [0.15, 0.2) is 12.1 Å². The fourth-order valence-electron chi connectivity index (χ4n) is 0.736. The summed E-state index contributed by atoms with van der Waals surface area (Å²) < 4.78 is 0. The lowest BCUT2D eigenvalue weighted by atomic mass is 10.4. The van der Waals surface area contributed by atoms with Gasteiger partial charge < -0.3 is 0 Å². The molecule has 0 fully saturated rings. The van der Waals surface area contributed by atoms with Crippen LogP contribution in [0.5, 0.6) is 0 Å². The first-order valence-electron chi connectivity index (χ1n) is 3.88. The van der Waals surface area contributed by atoms with Crippen LogP contribution in [0.2, 0.25) is 5.02 Å². The van der Waals surface area contributed by atoms with Crippen molar-refractivity contribution >= 4 is 29.9 Å². The van der Waals surface area contributed by atoms with Gasteiger partial charge in [-0.2, -0.15) is 0 Å². The van der Waals surface area contributed by atoms with E-state index < -0.39 is 11.0 Å².